The smallest absolute Gasteiger partial charge is 0.311 e. The quantitative estimate of drug-likeness (QED) is 0.596. The van der Waals surface area contributed by atoms with E-state index in [1.54, 1.807) is 6.92 Å². The number of nitrogen functional groups attached to an aromatic ring is 1. The van der Waals surface area contributed by atoms with Crippen LogP contribution in [-0.2, 0) is 0 Å². The Balaban J connectivity index is 3.09. The molecule has 0 fully saturated rings. The molecule has 0 aliphatic carbocycles. The zero-order valence-corrected chi connectivity index (χ0v) is 9.25. The van der Waals surface area contributed by atoms with E-state index >= 15 is 0 Å². The lowest BCUT2D eigenvalue weighted by atomic mass is 9.96. The summed E-state index contributed by atoms with van der Waals surface area (Å²) in [6.45, 7) is 3.57. The van der Waals surface area contributed by atoms with Crippen molar-refractivity contribution in [1.29, 1.82) is 0 Å². The number of nitro groups is 1. The van der Waals surface area contributed by atoms with Crippen LogP contribution in [0, 0.1) is 10.1 Å². The normalized spacial score (nSPS) is 14.4. The van der Waals surface area contributed by atoms with Crippen LogP contribution in [0.3, 0.4) is 0 Å². The van der Waals surface area contributed by atoms with Gasteiger partial charge < -0.3 is 10.8 Å². The van der Waals surface area contributed by atoms with Crippen LogP contribution in [0.15, 0.2) is 12.1 Å². The lowest BCUT2D eigenvalue weighted by Gasteiger charge is -2.17. The maximum Gasteiger partial charge on any atom is 0.311 e. The Kier molecular flexibility index (Phi) is 3.78. The maximum atomic E-state index is 10.5. The van der Waals surface area contributed by atoms with Crippen LogP contribution < -0.4 is 5.73 Å². The van der Waals surface area contributed by atoms with Crippen LogP contribution in [0.4, 0.5) is 11.5 Å². The molecule has 88 valence electrons. The second-order valence-electron chi connectivity index (χ2n) is 3.65. The van der Waals surface area contributed by atoms with Gasteiger partial charge in [-0.1, -0.05) is 6.92 Å². The molecular weight excluding hydrogens is 210 g/mol. The third-order valence-electron chi connectivity index (χ3n) is 2.52. The summed E-state index contributed by atoms with van der Waals surface area (Å²) < 4.78 is 0. The van der Waals surface area contributed by atoms with Gasteiger partial charge in [0.2, 0.25) is 5.82 Å². The van der Waals surface area contributed by atoms with E-state index in [0.29, 0.717) is 12.1 Å². The molecule has 16 heavy (non-hydrogen) atoms. The third kappa shape index (κ3) is 2.46. The Morgan fingerprint density at radius 2 is 2.25 bits per heavy atom. The van der Waals surface area contributed by atoms with Crippen molar-refractivity contribution in [2.45, 2.75) is 32.3 Å². The lowest BCUT2D eigenvalue weighted by Crippen LogP contribution is -2.16. The molecule has 1 rings (SSSR count). The molecule has 0 saturated carbocycles. The predicted molar refractivity (Wildman–Crippen MR) is 60.0 cm³/mol. The monoisotopic (exact) mass is 225 g/mol. The Hall–Kier alpha value is -1.69. The molecule has 2 atom stereocenters. The molecule has 0 saturated heterocycles. The van der Waals surface area contributed by atoms with Gasteiger partial charge in [0.05, 0.1) is 11.0 Å². The van der Waals surface area contributed by atoms with Crippen LogP contribution in [-0.4, -0.2) is 21.1 Å². The van der Waals surface area contributed by atoms with Crippen molar-refractivity contribution in [3.63, 3.8) is 0 Å². The van der Waals surface area contributed by atoms with Crippen LogP contribution in [0.25, 0.3) is 0 Å². The summed E-state index contributed by atoms with van der Waals surface area (Å²) in [6, 6.07) is 2.86. The first-order valence-electron chi connectivity index (χ1n) is 5.06. The summed E-state index contributed by atoms with van der Waals surface area (Å²) in [5.74, 6) is -0.260. The van der Waals surface area contributed by atoms with E-state index in [2.05, 4.69) is 4.98 Å². The highest BCUT2D eigenvalue weighted by atomic mass is 16.6. The second kappa shape index (κ2) is 4.89. The average Bonchev–Trinajstić information content (AvgIpc) is 2.17. The van der Waals surface area contributed by atoms with E-state index in [9.17, 15) is 15.2 Å². The molecule has 0 aromatic carbocycles. The number of nitrogens with two attached hydrogens (primary N) is 1. The number of anilines is 1. The molecule has 1 aromatic rings. The summed E-state index contributed by atoms with van der Waals surface area (Å²) >= 11 is 0. The molecule has 6 nitrogen and oxygen atoms in total. The molecule has 0 aliphatic rings. The van der Waals surface area contributed by atoms with E-state index in [1.165, 1.54) is 12.1 Å². The molecule has 0 spiro atoms. The van der Waals surface area contributed by atoms with Crippen molar-refractivity contribution in [1.82, 2.24) is 4.98 Å². The topological polar surface area (TPSA) is 102 Å². The second-order valence-corrected chi connectivity index (χ2v) is 3.65. The fourth-order valence-corrected chi connectivity index (χ4v) is 1.64. The molecule has 0 amide bonds. The SMILES string of the molecule is CCC(c1ccc([N+](=O)[O-])c(N)n1)C(C)O. The average molecular weight is 225 g/mol. The number of pyridine rings is 1. The summed E-state index contributed by atoms with van der Waals surface area (Å²) in [6.07, 6.45) is 0.139. The van der Waals surface area contributed by atoms with Crippen molar-refractivity contribution in [2.75, 3.05) is 5.73 Å². The molecule has 0 aliphatic heterocycles. The minimum Gasteiger partial charge on any atom is -0.393 e. The molecular formula is C10H15N3O3. The van der Waals surface area contributed by atoms with Gasteiger partial charge in [0.15, 0.2) is 0 Å². The first-order chi connectivity index (χ1) is 7.47. The summed E-state index contributed by atoms with van der Waals surface area (Å²) in [5.41, 5.74) is 5.86. The van der Waals surface area contributed by atoms with Gasteiger partial charge in [-0.05, 0) is 19.4 Å². The third-order valence-corrected chi connectivity index (χ3v) is 2.52. The van der Waals surface area contributed by atoms with Gasteiger partial charge in [0.25, 0.3) is 0 Å². The van der Waals surface area contributed by atoms with Gasteiger partial charge >= 0.3 is 5.69 Å². The van der Waals surface area contributed by atoms with E-state index < -0.39 is 11.0 Å². The minimum atomic E-state index is -0.574. The molecule has 2 unspecified atom stereocenters. The zero-order valence-electron chi connectivity index (χ0n) is 9.25. The fourth-order valence-electron chi connectivity index (χ4n) is 1.64. The minimum absolute atomic E-state index is 0.110. The number of rotatable bonds is 4. The Morgan fingerprint density at radius 3 is 2.62 bits per heavy atom. The molecule has 6 heteroatoms. The Morgan fingerprint density at radius 1 is 1.62 bits per heavy atom. The van der Waals surface area contributed by atoms with E-state index in [0.717, 1.165) is 0 Å². The van der Waals surface area contributed by atoms with Crippen LogP contribution >= 0.6 is 0 Å². The van der Waals surface area contributed by atoms with Crippen molar-refractivity contribution >= 4 is 11.5 Å². The number of hydrogen-bond acceptors (Lipinski definition) is 5. The molecule has 1 heterocycles. The number of hydrogen-bond donors (Lipinski definition) is 2. The number of aliphatic hydroxyl groups is 1. The van der Waals surface area contributed by atoms with Gasteiger partial charge in [-0.25, -0.2) is 4.98 Å². The Labute approximate surface area is 93.3 Å². The molecule has 0 radical (unpaired) electrons. The van der Waals surface area contributed by atoms with Crippen molar-refractivity contribution in [3.05, 3.63) is 27.9 Å². The van der Waals surface area contributed by atoms with Gasteiger partial charge in [0.1, 0.15) is 0 Å². The molecule has 1 aromatic heterocycles. The number of aliphatic hydroxyl groups excluding tert-OH is 1. The van der Waals surface area contributed by atoms with Gasteiger partial charge in [-0.2, -0.15) is 0 Å². The standard InChI is InChI=1S/C10H15N3O3/c1-3-7(6(2)14)8-4-5-9(13(15)16)10(11)12-8/h4-7,14H,3H2,1-2H3,(H2,11,12). The lowest BCUT2D eigenvalue weighted by molar-refractivity contribution is -0.384. The first kappa shape index (κ1) is 12.4. The largest absolute Gasteiger partial charge is 0.393 e. The first-order valence-corrected chi connectivity index (χ1v) is 5.06. The maximum absolute atomic E-state index is 10.5. The zero-order chi connectivity index (χ0) is 12.3. The predicted octanol–water partition coefficient (Wildman–Crippen LogP) is 1.45. The van der Waals surface area contributed by atoms with Crippen molar-refractivity contribution in [3.8, 4) is 0 Å². The fraction of sp³-hybridized carbons (Fsp3) is 0.500. The highest BCUT2D eigenvalue weighted by Gasteiger charge is 2.20. The van der Waals surface area contributed by atoms with Gasteiger partial charge in [-0.3, -0.25) is 10.1 Å². The van der Waals surface area contributed by atoms with E-state index in [4.69, 9.17) is 5.73 Å². The summed E-state index contributed by atoms with van der Waals surface area (Å²) in [7, 11) is 0. The van der Waals surface area contributed by atoms with Crippen LogP contribution in [0.2, 0.25) is 0 Å². The summed E-state index contributed by atoms with van der Waals surface area (Å²) in [4.78, 5) is 13.9. The van der Waals surface area contributed by atoms with Crippen LogP contribution in [0.1, 0.15) is 31.9 Å². The van der Waals surface area contributed by atoms with Crippen molar-refractivity contribution in [2.24, 2.45) is 0 Å². The Bertz CT molecular complexity index is 393. The van der Waals surface area contributed by atoms with E-state index in [-0.39, 0.29) is 17.4 Å². The highest BCUT2D eigenvalue weighted by molar-refractivity contribution is 5.52. The molecule has 3 N–H and O–H groups in total. The van der Waals surface area contributed by atoms with Gasteiger partial charge in [0, 0.05) is 17.7 Å². The van der Waals surface area contributed by atoms with Crippen LogP contribution in [0.5, 0.6) is 0 Å². The van der Waals surface area contributed by atoms with Crippen molar-refractivity contribution < 1.29 is 10.0 Å². The van der Waals surface area contributed by atoms with Gasteiger partial charge in [-0.15, -0.1) is 0 Å². The number of aromatic nitrogens is 1. The van der Waals surface area contributed by atoms with E-state index in [1.807, 2.05) is 6.92 Å². The highest BCUT2D eigenvalue weighted by Crippen LogP contribution is 2.26. The molecule has 0 bridgehead atoms. The number of nitrogens with zero attached hydrogens (tertiary/aromatic N) is 2. The summed E-state index contributed by atoms with van der Waals surface area (Å²) in [5, 5.41) is 20.1.